The molecular formula is C18H30FNO. The van der Waals surface area contributed by atoms with Gasteiger partial charge in [-0.1, -0.05) is 32.4 Å². The van der Waals surface area contributed by atoms with Crippen LogP contribution in [0.5, 0.6) is 0 Å². The minimum absolute atomic E-state index is 0.0378. The van der Waals surface area contributed by atoms with E-state index in [4.69, 9.17) is 4.74 Å². The van der Waals surface area contributed by atoms with Gasteiger partial charge in [-0.3, -0.25) is 0 Å². The van der Waals surface area contributed by atoms with Gasteiger partial charge in [0.05, 0.1) is 12.7 Å². The Kier molecular flexibility index (Phi) is 7.33. The number of halogens is 1. The van der Waals surface area contributed by atoms with Crippen molar-refractivity contribution in [1.29, 1.82) is 0 Å². The SMILES string of the molecule is CCCC(C)COC(CNC(C)(C)C)c1ccc(F)cc1. The molecule has 0 saturated heterocycles. The first-order valence-corrected chi connectivity index (χ1v) is 7.94. The number of benzene rings is 1. The van der Waals surface area contributed by atoms with Crippen molar-refractivity contribution in [2.24, 2.45) is 5.92 Å². The first-order valence-electron chi connectivity index (χ1n) is 7.94. The lowest BCUT2D eigenvalue weighted by Crippen LogP contribution is -2.39. The summed E-state index contributed by atoms with van der Waals surface area (Å²) in [5.74, 6) is 0.341. The van der Waals surface area contributed by atoms with E-state index >= 15 is 0 Å². The third-order valence-corrected chi connectivity index (χ3v) is 3.42. The molecule has 0 radical (unpaired) electrons. The van der Waals surface area contributed by atoms with Gasteiger partial charge in [0.1, 0.15) is 5.82 Å². The van der Waals surface area contributed by atoms with Crippen LogP contribution in [0.4, 0.5) is 4.39 Å². The maximum atomic E-state index is 13.1. The van der Waals surface area contributed by atoms with Crippen molar-refractivity contribution in [3.05, 3.63) is 35.6 Å². The van der Waals surface area contributed by atoms with E-state index in [0.29, 0.717) is 5.92 Å². The summed E-state index contributed by atoms with van der Waals surface area (Å²) in [6.07, 6.45) is 2.30. The van der Waals surface area contributed by atoms with Gasteiger partial charge >= 0.3 is 0 Å². The van der Waals surface area contributed by atoms with Crippen molar-refractivity contribution >= 4 is 0 Å². The van der Waals surface area contributed by atoms with Crippen molar-refractivity contribution in [1.82, 2.24) is 5.32 Å². The van der Waals surface area contributed by atoms with Gasteiger partial charge in [0, 0.05) is 12.1 Å². The summed E-state index contributed by atoms with van der Waals surface area (Å²) in [5.41, 5.74) is 1.06. The molecule has 0 aliphatic heterocycles. The molecule has 0 aromatic heterocycles. The summed E-state index contributed by atoms with van der Waals surface area (Å²) >= 11 is 0. The lowest BCUT2D eigenvalue weighted by molar-refractivity contribution is 0.0264. The standard InChI is InChI=1S/C18H30FNO/c1-6-7-14(2)13-21-17(12-20-18(3,4)5)15-8-10-16(19)11-9-15/h8-11,14,17,20H,6-7,12-13H2,1-5H3. The average Bonchev–Trinajstić information content (AvgIpc) is 2.39. The van der Waals surface area contributed by atoms with Crippen LogP contribution in [0.1, 0.15) is 59.1 Å². The molecule has 1 aromatic rings. The van der Waals surface area contributed by atoms with Crippen molar-refractivity contribution in [2.75, 3.05) is 13.2 Å². The minimum Gasteiger partial charge on any atom is -0.372 e. The lowest BCUT2D eigenvalue weighted by Gasteiger charge is -2.26. The largest absolute Gasteiger partial charge is 0.372 e. The Hall–Kier alpha value is -0.930. The van der Waals surface area contributed by atoms with Gasteiger partial charge in [-0.25, -0.2) is 4.39 Å². The van der Waals surface area contributed by atoms with Gasteiger partial charge in [0.15, 0.2) is 0 Å². The summed E-state index contributed by atoms with van der Waals surface area (Å²) in [6, 6.07) is 6.63. The predicted octanol–water partition coefficient (Wildman–Crippen LogP) is 4.71. The normalized spacial score (nSPS) is 15.0. The van der Waals surface area contributed by atoms with E-state index in [1.165, 1.54) is 25.0 Å². The van der Waals surface area contributed by atoms with Crippen LogP contribution in [0.25, 0.3) is 0 Å². The second-order valence-corrected chi connectivity index (χ2v) is 6.90. The zero-order valence-corrected chi connectivity index (χ0v) is 14.1. The molecule has 2 unspecified atom stereocenters. The first-order chi connectivity index (χ1) is 9.81. The van der Waals surface area contributed by atoms with Gasteiger partial charge in [0.25, 0.3) is 0 Å². The summed E-state index contributed by atoms with van der Waals surface area (Å²) in [4.78, 5) is 0. The molecular weight excluding hydrogens is 265 g/mol. The number of nitrogens with one attached hydrogen (secondary N) is 1. The second-order valence-electron chi connectivity index (χ2n) is 6.90. The molecule has 0 bridgehead atoms. The van der Waals surface area contributed by atoms with Crippen LogP contribution in [0.3, 0.4) is 0 Å². The van der Waals surface area contributed by atoms with Crippen LogP contribution >= 0.6 is 0 Å². The van der Waals surface area contributed by atoms with Crippen LogP contribution < -0.4 is 5.32 Å². The summed E-state index contributed by atoms with van der Waals surface area (Å²) in [5, 5.41) is 3.47. The van der Waals surface area contributed by atoms with E-state index in [0.717, 1.165) is 18.7 Å². The van der Waals surface area contributed by atoms with Gasteiger partial charge in [-0.05, 0) is 50.8 Å². The third-order valence-electron chi connectivity index (χ3n) is 3.42. The maximum Gasteiger partial charge on any atom is 0.123 e. The second kappa shape index (κ2) is 8.50. The monoisotopic (exact) mass is 295 g/mol. The Morgan fingerprint density at radius 2 is 1.81 bits per heavy atom. The topological polar surface area (TPSA) is 21.3 Å². The molecule has 3 heteroatoms. The summed E-state index contributed by atoms with van der Waals surface area (Å²) in [6.45, 7) is 12.3. The zero-order chi connectivity index (χ0) is 15.9. The third kappa shape index (κ3) is 7.58. The van der Waals surface area contributed by atoms with Crippen molar-refractivity contribution in [3.63, 3.8) is 0 Å². The van der Waals surface area contributed by atoms with Crippen LogP contribution in [-0.4, -0.2) is 18.7 Å². The Bertz CT molecular complexity index is 397. The van der Waals surface area contributed by atoms with E-state index < -0.39 is 0 Å². The summed E-state index contributed by atoms with van der Waals surface area (Å²) in [7, 11) is 0. The fraction of sp³-hybridized carbons (Fsp3) is 0.667. The average molecular weight is 295 g/mol. The van der Waals surface area contributed by atoms with Crippen LogP contribution in [0.15, 0.2) is 24.3 Å². The maximum absolute atomic E-state index is 13.1. The summed E-state index contributed by atoms with van der Waals surface area (Å²) < 4.78 is 19.2. The number of hydrogen-bond acceptors (Lipinski definition) is 2. The van der Waals surface area contributed by atoms with Crippen molar-refractivity contribution < 1.29 is 9.13 Å². The first kappa shape index (κ1) is 18.1. The van der Waals surface area contributed by atoms with Crippen LogP contribution in [0, 0.1) is 11.7 Å². The molecule has 0 fully saturated rings. The highest BCUT2D eigenvalue weighted by molar-refractivity contribution is 5.19. The molecule has 2 nitrogen and oxygen atoms in total. The molecule has 1 N–H and O–H groups in total. The van der Waals surface area contributed by atoms with E-state index in [-0.39, 0.29) is 17.5 Å². The predicted molar refractivity (Wildman–Crippen MR) is 86.9 cm³/mol. The number of ether oxygens (including phenoxy) is 1. The molecule has 0 saturated carbocycles. The van der Waals surface area contributed by atoms with Gasteiger partial charge in [-0.15, -0.1) is 0 Å². The Labute approximate surface area is 129 Å². The van der Waals surface area contributed by atoms with E-state index in [9.17, 15) is 4.39 Å². The molecule has 1 rings (SSSR count). The highest BCUT2D eigenvalue weighted by Gasteiger charge is 2.17. The quantitative estimate of drug-likeness (QED) is 0.750. The Morgan fingerprint density at radius 1 is 1.19 bits per heavy atom. The molecule has 0 amide bonds. The zero-order valence-electron chi connectivity index (χ0n) is 14.1. The van der Waals surface area contributed by atoms with Gasteiger partial charge in [0.2, 0.25) is 0 Å². The number of hydrogen-bond donors (Lipinski definition) is 1. The van der Waals surface area contributed by atoms with Crippen molar-refractivity contribution in [3.8, 4) is 0 Å². The van der Waals surface area contributed by atoms with Crippen LogP contribution in [-0.2, 0) is 4.74 Å². The highest BCUT2D eigenvalue weighted by atomic mass is 19.1. The Morgan fingerprint density at radius 3 is 2.33 bits per heavy atom. The molecule has 0 heterocycles. The molecule has 0 aliphatic carbocycles. The fourth-order valence-corrected chi connectivity index (χ4v) is 2.21. The van der Waals surface area contributed by atoms with Crippen molar-refractivity contribution in [2.45, 2.75) is 59.1 Å². The Balaban J connectivity index is 2.67. The van der Waals surface area contributed by atoms with E-state index in [2.05, 4.69) is 39.9 Å². The molecule has 1 aromatic carbocycles. The molecule has 120 valence electrons. The van der Waals surface area contributed by atoms with Gasteiger partial charge in [-0.2, -0.15) is 0 Å². The molecule has 0 aliphatic rings. The van der Waals surface area contributed by atoms with E-state index in [1.807, 2.05) is 12.1 Å². The fourth-order valence-electron chi connectivity index (χ4n) is 2.21. The molecule has 21 heavy (non-hydrogen) atoms. The number of rotatable bonds is 8. The van der Waals surface area contributed by atoms with Gasteiger partial charge < -0.3 is 10.1 Å². The van der Waals surface area contributed by atoms with Crippen LogP contribution in [0.2, 0.25) is 0 Å². The molecule has 2 atom stereocenters. The minimum atomic E-state index is -0.208. The highest BCUT2D eigenvalue weighted by Crippen LogP contribution is 2.20. The molecule has 0 spiro atoms. The smallest absolute Gasteiger partial charge is 0.123 e. The lowest BCUT2D eigenvalue weighted by atomic mass is 10.0. The van der Waals surface area contributed by atoms with E-state index in [1.54, 1.807) is 0 Å².